The molecule has 0 atom stereocenters. The van der Waals surface area contributed by atoms with E-state index < -0.39 is 0 Å². The van der Waals surface area contributed by atoms with Crippen LogP contribution in [0.15, 0.2) is 73.8 Å². The molecule has 4 aromatic rings. The number of thiophene rings is 1. The Labute approximate surface area is 157 Å². The molecule has 0 N–H and O–H groups in total. The zero-order valence-corrected chi connectivity index (χ0v) is 15.4. The zero-order valence-electron chi connectivity index (χ0n) is 13.8. The van der Waals surface area contributed by atoms with Crippen LogP contribution in [0.25, 0.3) is 10.6 Å². The number of rotatable bonds is 4. The molecule has 0 unspecified atom stereocenters. The largest absolute Gasteiger partial charge is 0.460 e. The molecule has 3 aromatic heterocycles. The van der Waals surface area contributed by atoms with Gasteiger partial charge in [0.05, 0.1) is 22.5 Å². The maximum atomic E-state index is 13.1. The summed E-state index contributed by atoms with van der Waals surface area (Å²) in [7, 11) is 0. The van der Waals surface area contributed by atoms with Crippen molar-refractivity contribution < 1.29 is 8.81 Å². The van der Waals surface area contributed by atoms with Crippen molar-refractivity contribution in [2.24, 2.45) is 10.1 Å². The number of hydrogen-bond donors (Lipinski definition) is 0. The van der Waals surface area contributed by atoms with Crippen molar-refractivity contribution in [3.63, 3.8) is 0 Å². The molecule has 0 bridgehead atoms. The summed E-state index contributed by atoms with van der Waals surface area (Å²) in [5.41, 5.74) is 1.62. The normalized spacial score (nSPS) is 12.3. The van der Waals surface area contributed by atoms with Crippen LogP contribution in [-0.4, -0.2) is 10.9 Å². The Morgan fingerprint density at radius 1 is 1.08 bits per heavy atom. The van der Waals surface area contributed by atoms with Crippen molar-refractivity contribution in [1.29, 1.82) is 0 Å². The molecule has 26 heavy (non-hydrogen) atoms. The first kappa shape index (κ1) is 16.7. The van der Waals surface area contributed by atoms with Gasteiger partial charge in [0.25, 0.3) is 0 Å². The number of thiazole rings is 1. The van der Waals surface area contributed by atoms with E-state index in [0.717, 1.165) is 16.3 Å². The smallest absolute Gasteiger partial charge is 0.211 e. The van der Waals surface area contributed by atoms with Crippen molar-refractivity contribution in [3.8, 4) is 10.6 Å². The average Bonchev–Trinajstić information content (AvgIpc) is 3.36. The first-order valence-electron chi connectivity index (χ1n) is 7.84. The first-order valence-corrected chi connectivity index (χ1v) is 9.60. The molecule has 0 aliphatic carbocycles. The van der Waals surface area contributed by atoms with E-state index >= 15 is 0 Å². The second kappa shape index (κ2) is 7.23. The highest BCUT2D eigenvalue weighted by atomic mass is 32.1. The quantitative estimate of drug-likeness (QED) is 0.433. The standard InChI is InChI=1S/C19H14FN3OS2/c1-13-4-9-16(24-13)11-21-23-17(18-3-2-10-25-18)12-26-19(23)22-15-7-5-14(20)6-8-15/h2-12H,1H3. The molecule has 0 radical (unpaired) electrons. The van der Waals surface area contributed by atoms with Gasteiger partial charge in [0.1, 0.15) is 17.3 Å². The van der Waals surface area contributed by atoms with Gasteiger partial charge in [-0.05, 0) is 54.8 Å². The van der Waals surface area contributed by atoms with Gasteiger partial charge in [0, 0.05) is 5.38 Å². The third kappa shape index (κ3) is 3.58. The van der Waals surface area contributed by atoms with E-state index in [1.807, 2.05) is 41.9 Å². The highest BCUT2D eigenvalue weighted by molar-refractivity contribution is 7.14. The minimum atomic E-state index is -0.284. The summed E-state index contributed by atoms with van der Waals surface area (Å²) >= 11 is 3.11. The van der Waals surface area contributed by atoms with E-state index in [1.165, 1.54) is 23.5 Å². The predicted octanol–water partition coefficient (Wildman–Crippen LogP) is 5.43. The molecule has 1 aromatic carbocycles. The number of furan rings is 1. The minimum absolute atomic E-state index is 0.284. The predicted molar refractivity (Wildman–Crippen MR) is 104 cm³/mol. The van der Waals surface area contributed by atoms with E-state index in [4.69, 9.17) is 4.42 Å². The number of nitrogens with zero attached hydrogens (tertiary/aromatic N) is 3. The van der Waals surface area contributed by atoms with Gasteiger partial charge in [0.15, 0.2) is 0 Å². The molecule has 3 heterocycles. The van der Waals surface area contributed by atoms with Crippen LogP contribution < -0.4 is 4.80 Å². The van der Waals surface area contributed by atoms with Crippen molar-refractivity contribution in [3.05, 3.63) is 81.4 Å². The van der Waals surface area contributed by atoms with Crippen LogP contribution in [-0.2, 0) is 0 Å². The SMILES string of the molecule is Cc1ccc(C=Nn2c(-c3cccs3)csc2=Nc2ccc(F)cc2)o1. The van der Waals surface area contributed by atoms with Crippen LogP contribution in [0.4, 0.5) is 10.1 Å². The summed E-state index contributed by atoms with van der Waals surface area (Å²) in [5, 5.41) is 8.60. The summed E-state index contributed by atoms with van der Waals surface area (Å²) in [6.07, 6.45) is 1.67. The lowest BCUT2D eigenvalue weighted by molar-refractivity contribution is 0.527. The third-order valence-corrected chi connectivity index (χ3v) is 5.28. The summed E-state index contributed by atoms with van der Waals surface area (Å²) < 4.78 is 20.5. The molecule has 4 nitrogen and oxygen atoms in total. The number of halogens is 1. The fourth-order valence-electron chi connectivity index (χ4n) is 2.35. The average molecular weight is 383 g/mol. The summed E-state index contributed by atoms with van der Waals surface area (Å²) in [4.78, 5) is 6.39. The fraction of sp³-hybridized carbons (Fsp3) is 0.0526. The molecule has 0 aliphatic rings. The molecular formula is C19H14FN3OS2. The van der Waals surface area contributed by atoms with Crippen molar-refractivity contribution in [2.45, 2.75) is 6.92 Å². The molecule has 0 aliphatic heterocycles. The second-order valence-corrected chi connectivity index (χ2v) is 7.26. The number of aryl methyl sites for hydroxylation is 1. The molecule has 7 heteroatoms. The van der Waals surface area contributed by atoms with Crippen LogP contribution in [0.5, 0.6) is 0 Å². The fourth-order valence-corrected chi connectivity index (χ4v) is 4.00. The van der Waals surface area contributed by atoms with Crippen molar-refractivity contribution in [1.82, 2.24) is 4.68 Å². The Kier molecular flexibility index (Phi) is 4.64. The lowest BCUT2D eigenvalue weighted by Gasteiger charge is -2.00. The highest BCUT2D eigenvalue weighted by Crippen LogP contribution is 2.25. The van der Waals surface area contributed by atoms with E-state index in [0.29, 0.717) is 16.2 Å². The molecule has 0 spiro atoms. The van der Waals surface area contributed by atoms with E-state index in [9.17, 15) is 4.39 Å². The number of hydrogen-bond acceptors (Lipinski definition) is 5. The highest BCUT2D eigenvalue weighted by Gasteiger charge is 2.09. The van der Waals surface area contributed by atoms with Gasteiger partial charge in [-0.1, -0.05) is 6.07 Å². The van der Waals surface area contributed by atoms with Crippen LogP contribution in [0.1, 0.15) is 11.5 Å². The van der Waals surface area contributed by atoms with Gasteiger partial charge >= 0.3 is 0 Å². The lowest BCUT2D eigenvalue weighted by Crippen LogP contribution is -2.11. The van der Waals surface area contributed by atoms with Gasteiger partial charge in [-0.15, -0.1) is 22.7 Å². The molecule has 0 fully saturated rings. The van der Waals surface area contributed by atoms with Crippen LogP contribution in [0, 0.1) is 12.7 Å². The molecule has 4 rings (SSSR count). The number of benzene rings is 1. The van der Waals surface area contributed by atoms with Gasteiger partial charge in [0.2, 0.25) is 4.80 Å². The van der Waals surface area contributed by atoms with Crippen molar-refractivity contribution in [2.75, 3.05) is 0 Å². The number of aromatic nitrogens is 1. The van der Waals surface area contributed by atoms with Crippen LogP contribution in [0.2, 0.25) is 0 Å². The lowest BCUT2D eigenvalue weighted by atomic mass is 10.3. The Morgan fingerprint density at radius 3 is 2.62 bits per heavy atom. The van der Waals surface area contributed by atoms with Gasteiger partial charge in [-0.3, -0.25) is 0 Å². The summed E-state index contributed by atoms with van der Waals surface area (Å²) in [6.45, 7) is 1.89. The minimum Gasteiger partial charge on any atom is -0.460 e. The molecule has 130 valence electrons. The van der Waals surface area contributed by atoms with Gasteiger partial charge < -0.3 is 4.42 Å². The van der Waals surface area contributed by atoms with Crippen LogP contribution >= 0.6 is 22.7 Å². The maximum Gasteiger partial charge on any atom is 0.211 e. The molecule has 0 saturated heterocycles. The van der Waals surface area contributed by atoms with E-state index in [1.54, 1.807) is 34.4 Å². The maximum absolute atomic E-state index is 13.1. The molecular weight excluding hydrogens is 369 g/mol. The Morgan fingerprint density at radius 2 is 1.92 bits per heavy atom. The Balaban J connectivity index is 1.81. The van der Waals surface area contributed by atoms with E-state index in [2.05, 4.69) is 10.1 Å². The van der Waals surface area contributed by atoms with Gasteiger partial charge in [-0.2, -0.15) is 5.10 Å². The third-order valence-electron chi connectivity index (χ3n) is 3.57. The van der Waals surface area contributed by atoms with Gasteiger partial charge in [-0.25, -0.2) is 14.1 Å². The summed E-state index contributed by atoms with van der Waals surface area (Å²) in [6, 6.07) is 13.9. The van der Waals surface area contributed by atoms with E-state index in [-0.39, 0.29) is 5.82 Å². The Bertz CT molecular complexity index is 1100. The van der Waals surface area contributed by atoms with Crippen LogP contribution in [0.3, 0.4) is 0 Å². The monoisotopic (exact) mass is 383 g/mol. The second-order valence-electron chi connectivity index (χ2n) is 5.47. The zero-order chi connectivity index (χ0) is 17.9. The topological polar surface area (TPSA) is 42.8 Å². The molecule has 0 amide bonds. The Hall–Kier alpha value is -2.77. The molecule has 0 saturated carbocycles. The first-order chi connectivity index (χ1) is 12.7. The summed E-state index contributed by atoms with van der Waals surface area (Å²) in [5.74, 6) is 1.22. The van der Waals surface area contributed by atoms with Crippen molar-refractivity contribution >= 4 is 34.6 Å².